The Morgan fingerprint density at radius 3 is 2.45 bits per heavy atom. The fraction of sp³-hybridized carbons (Fsp3) is 0.250. The predicted octanol–water partition coefficient (Wildman–Crippen LogP) is 4.36. The van der Waals surface area contributed by atoms with Gasteiger partial charge in [-0.2, -0.15) is 0 Å². The summed E-state index contributed by atoms with van der Waals surface area (Å²) in [6, 6.07) is 16.9. The Labute approximate surface area is 132 Å². The molecule has 0 saturated heterocycles. The summed E-state index contributed by atoms with van der Waals surface area (Å²) in [5.74, 6) is -0.296. The van der Waals surface area contributed by atoms with Gasteiger partial charge in [0.25, 0.3) is 0 Å². The zero-order valence-electron chi connectivity index (χ0n) is 13.2. The van der Waals surface area contributed by atoms with Crippen molar-refractivity contribution in [1.29, 1.82) is 0 Å². The lowest BCUT2D eigenvalue weighted by Gasteiger charge is -2.06. The summed E-state index contributed by atoms with van der Waals surface area (Å²) in [6.07, 6.45) is 5.36. The molecule has 2 nitrogen and oxygen atoms in total. The van der Waals surface area contributed by atoms with Crippen LogP contribution in [0.2, 0.25) is 0 Å². The molecule has 0 aliphatic rings. The van der Waals surface area contributed by atoms with Crippen LogP contribution in [-0.2, 0) is 22.4 Å². The van der Waals surface area contributed by atoms with Crippen LogP contribution in [0.5, 0.6) is 0 Å². The fourth-order valence-corrected chi connectivity index (χ4v) is 2.36. The lowest BCUT2D eigenvalue weighted by atomic mass is 10.00. The van der Waals surface area contributed by atoms with Gasteiger partial charge in [-0.15, -0.1) is 0 Å². The summed E-state index contributed by atoms with van der Waals surface area (Å²) in [6.45, 7) is 4.27. The molecule has 0 aliphatic carbocycles. The number of rotatable bonds is 6. The zero-order chi connectivity index (χ0) is 15.8. The molecule has 0 aliphatic heterocycles. The molecule has 114 valence electrons. The van der Waals surface area contributed by atoms with Crippen LogP contribution in [-0.4, -0.2) is 12.6 Å². The molecule has 2 rings (SSSR count). The molecule has 2 heteroatoms. The van der Waals surface area contributed by atoms with Crippen molar-refractivity contribution in [2.75, 3.05) is 6.61 Å². The molecule has 0 atom stereocenters. The van der Waals surface area contributed by atoms with E-state index < -0.39 is 0 Å². The van der Waals surface area contributed by atoms with Crippen LogP contribution >= 0.6 is 0 Å². The summed E-state index contributed by atoms with van der Waals surface area (Å²) in [7, 11) is 0. The number of esters is 1. The Balaban J connectivity index is 1.98. The van der Waals surface area contributed by atoms with Crippen molar-refractivity contribution in [3.63, 3.8) is 0 Å². The molecule has 2 aromatic carbocycles. The van der Waals surface area contributed by atoms with E-state index in [0.717, 1.165) is 18.4 Å². The molecule has 0 amide bonds. The van der Waals surface area contributed by atoms with Crippen molar-refractivity contribution < 1.29 is 9.53 Å². The van der Waals surface area contributed by atoms with E-state index >= 15 is 0 Å². The van der Waals surface area contributed by atoms with Crippen molar-refractivity contribution in [2.24, 2.45) is 0 Å². The number of ether oxygens (including phenoxy) is 1. The van der Waals surface area contributed by atoms with Gasteiger partial charge in [0.1, 0.15) is 0 Å². The average Bonchev–Trinajstić information content (AvgIpc) is 2.53. The van der Waals surface area contributed by atoms with E-state index in [0.29, 0.717) is 6.61 Å². The number of carbonyl (C=O) groups is 1. The van der Waals surface area contributed by atoms with Gasteiger partial charge in [-0.1, -0.05) is 48.5 Å². The van der Waals surface area contributed by atoms with Gasteiger partial charge in [-0.3, -0.25) is 0 Å². The Hall–Kier alpha value is -2.35. The standard InChI is InChI=1S/C20H22O2/c1-3-22-20(21)14-13-19-12-11-18(15-16(19)2)10-9-17-7-5-4-6-8-17/h4-8,11-15H,3,9-10H2,1-2H3/b14-13+. The first-order valence-corrected chi connectivity index (χ1v) is 7.67. The molecule has 0 spiro atoms. The van der Waals surface area contributed by atoms with Crippen LogP contribution < -0.4 is 0 Å². The van der Waals surface area contributed by atoms with Crippen LogP contribution in [0.15, 0.2) is 54.6 Å². The normalized spacial score (nSPS) is 10.8. The third-order valence-corrected chi connectivity index (χ3v) is 3.56. The topological polar surface area (TPSA) is 26.3 Å². The quantitative estimate of drug-likeness (QED) is 0.584. The maximum Gasteiger partial charge on any atom is 0.330 e. The monoisotopic (exact) mass is 294 g/mol. The second kappa shape index (κ2) is 8.18. The minimum atomic E-state index is -0.296. The van der Waals surface area contributed by atoms with Crippen LogP contribution in [0.3, 0.4) is 0 Å². The SMILES string of the molecule is CCOC(=O)/C=C/c1ccc(CCc2ccccc2)cc1C. The van der Waals surface area contributed by atoms with Gasteiger partial charge < -0.3 is 4.74 Å². The molecule has 0 bridgehead atoms. The molecular formula is C20H22O2. The Morgan fingerprint density at radius 2 is 1.77 bits per heavy atom. The van der Waals surface area contributed by atoms with E-state index in [-0.39, 0.29) is 5.97 Å². The van der Waals surface area contributed by atoms with Crippen molar-refractivity contribution in [1.82, 2.24) is 0 Å². The summed E-state index contributed by atoms with van der Waals surface area (Å²) < 4.78 is 4.89. The maximum atomic E-state index is 11.3. The smallest absolute Gasteiger partial charge is 0.330 e. The largest absolute Gasteiger partial charge is 0.463 e. The van der Waals surface area contributed by atoms with E-state index in [9.17, 15) is 4.79 Å². The summed E-state index contributed by atoms with van der Waals surface area (Å²) in [5.41, 5.74) is 4.89. The molecule has 0 unspecified atom stereocenters. The van der Waals surface area contributed by atoms with Crippen LogP contribution in [0.4, 0.5) is 0 Å². The van der Waals surface area contributed by atoms with Gasteiger partial charge in [-0.25, -0.2) is 4.79 Å². The van der Waals surface area contributed by atoms with E-state index in [1.165, 1.54) is 22.8 Å². The van der Waals surface area contributed by atoms with E-state index in [2.05, 4.69) is 49.4 Å². The maximum absolute atomic E-state index is 11.3. The molecular weight excluding hydrogens is 272 g/mol. The molecule has 2 aromatic rings. The van der Waals surface area contributed by atoms with Crippen LogP contribution in [0.25, 0.3) is 6.08 Å². The molecule has 0 aromatic heterocycles. The highest BCUT2D eigenvalue weighted by atomic mass is 16.5. The molecule has 0 fully saturated rings. The minimum Gasteiger partial charge on any atom is -0.463 e. The highest BCUT2D eigenvalue weighted by Crippen LogP contribution is 2.15. The molecule has 0 heterocycles. The highest BCUT2D eigenvalue weighted by molar-refractivity contribution is 5.87. The number of hydrogen-bond acceptors (Lipinski definition) is 2. The number of carbonyl (C=O) groups excluding carboxylic acids is 1. The Kier molecular flexibility index (Phi) is 5.96. The first-order valence-electron chi connectivity index (χ1n) is 7.67. The van der Waals surface area contributed by atoms with Gasteiger partial charge in [0.15, 0.2) is 0 Å². The van der Waals surface area contributed by atoms with Crippen molar-refractivity contribution >= 4 is 12.0 Å². The summed E-state index contributed by atoms with van der Waals surface area (Å²) in [5, 5.41) is 0. The lowest BCUT2D eigenvalue weighted by molar-refractivity contribution is -0.137. The Morgan fingerprint density at radius 1 is 1.05 bits per heavy atom. The summed E-state index contributed by atoms with van der Waals surface area (Å²) in [4.78, 5) is 11.3. The first kappa shape index (κ1) is 16.0. The van der Waals surface area contributed by atoms with Gasteiger partial charge in [0.2, 0.25) is 0 Å². The second-order valence-corrected chi connectivity index (χ2v) is 5.26. The lowest BCUT2D eigenvalue weighted by Crippen LogP contribution is -1.99. The molecule has 0 saturated carbocycles. The number of hydrogen-bond donors (Lipinski definition) is 0. The highest BCUT2D eigenvalue weighted by Gasteiger charge is 2.00. The molecule has 0 radical (unpaired) electrons. The predicted molar refractivity (Wildman–Crippen MR) is 90.7 cm³/mol. The average molecular weight is 294 g/mol. The summed E-state index contributed by atoms with van der Waals surface area (Å²) >= 11 is 0. The first-order chi connectivity index (χ1) is 10.7. The van der Waals surface area contributed by atoms with Crippen molar-refractivity contribution in [2.45, 2.75) is 26.7 Å². The fourth-order valence-electron chi connectivity index (χ4n) is 2.36. The molecule has 22 heavy (non-hydrogen) atoms. The zero-order valence-corrected chi connectivity index (χ0v) is 13.2. The number of aryl methyl sites for hydroxylation is 3. The van der Waals surface area contributed by atoms with Gasteiger partial charge in [-0.05, 0) is 55.0 Å². The van der Waals surface area contributed by atoms with E-state index in [1.54, 1.807) is 6.92 Å². The van der Waals surface area contributed by atoms with Gasteiger partial charge >= 0.3 is 5.97 Å². The van der Waals surface area contributed by atoms with Crippen LogP contribution in [0, 0.1) is 6.92 Å². The van der Waals surface area contributed by atoms with Crippen molar-refractivity contribution in [3.8, 4) is 0 Å². The van der Waals surface area contributed by atoms with E-state index in [1.807, 2.05) is 12.1 Å². The second-order valence-electron chi connectivity index (χ2n) is 5.26. The van der Waals surface area contributed by atoms with Gasteiger partial charge in [0, 0.05) is 6.08 Å². The Bertz CT molecular complexity index is 642. The third kappa shape index (κ3) is 4.88. The van der Waals surface area contributed by atoms with Crippen molar-refractivity contribution in [3.05, 3.63) is 76.9 Å². The number of benzene rings is 2. The molecule has 0 N–H and O–H groups in total. The minimum absolute atomic E-state index is 0.296. The third-order valence-electron chi connectivity index (χ3n) is 3.56. The van der Waals surface area contributed by atoms with Crippen LogP contribution in [0.1, 0.15) is 29.2 Å². The van der Waals surface area contributed by atoms with E-state index in [4.69, 9.17) is 4.74 Å². The van der Waals surface area contributed by atoms with Gasteiger partial charge in [0.05, 0.1) is 6.61 Å².